The molecule has 0 saturated heterocycles. The quantitative estimate of drug-likeness (QED) is 0.603. The zero-order valence-electron chi connectivity index (χ0n) is 8.37. The highest BCUT2D eigenvalue weighted by Gasteiger charge is 2.16. The molecular formula is C11H12Cl2O2. The molecule has 0 heterocycles. The lowest BCUT2D eigenvalue weighted by Crippen LogP contribution is -2.20. The number of benzene rings is 1. The third-order valence-electron chi connectivity index (χ3n) is 1.85. The molecule has 0 aliphatic carbocycles. The van der Waals surface area contributed by atoms with Crippen molar-refractivity contribution in [1.29, 1.82) is 0 Å². The first-order valence-corrected chi connectivity index (χ1v) is 5.50. The first-order valence-electron chi connectivity index (χ1n) is 4.68. The fourth-order valence-electron chi connectivity index (χ4n) is 1.19. The van der Waals surface area contributed by atoms with Crippen LogP contribution in [0.3, 0.4) is 0 Å². The molecule has 0 aromatic heterocycles. The molecule has 0 fully saturated rings. The lowest BCUT2D eigenvalue weighted by Gasteiger charge is -2.08. The minimum atomic E-state index is -0.650. The lowest BCUT2D eigenvalue weighted by molar-refractivity contribution is -0.142. The minimum Gasteiger partial charge on any atom is -0.465 e. The van der Waals surface area contributed by atoms with Crippen LogP contribution in [0.2, 0.25) is 5.02 Å². The summed E-state index contributed by atoms with van der Waals surface area (Å²) in [5.41, 5.74) is 0.926. The van der Waals surface area contributed by atoms with Crippen LogP contribution in [0.5, 0.6) is 0 Å². The fraction of sp³-hybridized carbons (Fsp3) is 0.364. The molecular weight excluding hydrogens is 235 g/mol. The van der Waals surface area contributed by atoms with Crippen LogP contribution in [0.25, 0.3) is 0 Å². The monoisotopic (exact) mass is 246 g/mol. The van der Waals surface area contributed by atoms with E-state index in [1.54, 1.807) is 19.1 Å². The molecule has 0 N–H and O–H groups in total. The number of hydrogen-bond acceptors (Lipinski definition) is 2. The van der Waals surface area contributed by atoms with Crippen LogP contribution < -0.4 is 0 Å². The third-order valence-corrected chi connectivity index (χ3v) is 2.41. The Morgan fingerprint density at radius 2 is 2.27 bits per heavy atom. The summed E-state index contributed by atoms with van der Waals surface area (Å²) in [7, 11) is 0. The highest BCUT2D eigenvalue weighted by molar-refractivity contribution is 6.31. The molecule has 1 aromatic carbocycles. The normalized spacial score (nSPS) is 12.2. The van der Waals surface area contributed by atoms with Crippen LogP contribution in [0.4, 0.5) is 0 Å². The number of alkyl halides is 1. The Balaban J connectivity index is 2.58. The molecule has 0 aliphatic heterocycles. The number of carbonyl (C=O) groups is 1. The molecule has 0 amide bonds. The summed E-state index contributed by atoms with van der Waals surface area (Å²) in [6.45, 7) is 2.10. The number of esters is 1. The highest BCUT2D eigenvalue weighted by Crippen LogP contribution is 2.14. The Morgan fingerprint density at radius 1 is 1.53 bits per heavy atom. The molecule has 15 heavy (non-hydrogen) atoms. The Bertz CT molecular complexity index is 339. The zero-order chi connectivity index (χ0) is 11.3. The van der Waals surface area contributed by atoms with Crippen LogP contribution in [0.15, 0.2) is 24.3 Å². The molecule has 1 unspecified atom stereocenters. The van der Waals surface area contributed by atoms with Gasteiger partial charge in [0.05, 0.1) is 6.61 Å². The minimum absolute atomic E-state index is 0.345. The second kappa shape index (κ2) is 5.99. The van der Waals surface area contributed by atoms with Crippen LogP contribution in [0.1, 0.15) is 12.5 Å². The summed E-state index contributed by atoms with van der Waals surface area (Å²) in [5, 5.41) is -0.0105. The van der Waals surface area contributed by atoms with Gasteiger partial charge in [-0.05, 0) is 31.0 Å². The van der Waals surface area contributed by atoms with E-state index in [1.165, 1.54) is 0 Å². The first kappa shape index (κ1) is 12.3. The van der Waals surface area contributed by atoms with Crippen molar-refractivity contribution in [2.75, 3.05) is 6.61 Å². The molecule has 1 atom stereocenters. The van der Waals surface area contributed by atoms with Gasteiger partial charge >= 0.3 is 5.97 Å². The van der Waals surface area contributed by atoms with Crippen LogP contribution >= 0.6 is 23.2 Å². The molecule has 4 heteroatoms. The molecule has 82 valence electrons. The van der Waals surface area contributed by atoms with Crippen molar-refractivity contribution in [3.8, 4) is 0 Å². The lowest BCUT2D eigenvalue weighted by atomic mass is 10.1. The van der Waals surface area contributed by atoms with Crippen molar-refractivity contribution in [3.05, 3.63) is 34.9 Å². The van der Waals surface area contributed by atoms with Crippen LogP contribution in [0, 0.1) is 0 Å². The van der Waals surface area contributed by atoms with E-state index in [9.17, 15) is 4.79 Å². The fourth-order valence-corrected chi connectivity index (χ4v) is 1.64. The molecule has 0 aliphatic rings. The van der Waals surface area contributed by atoms with Crippen molar-refractivity contribution < 1.29 is 9.53 Å². The van der Waals surface area contributed by atoms with E-state index in [-0.39, 0.29) is 5.97 Å². The summed E-state index contributed by atoms with van der Waals surface area (Å²) >= 11 is 11.7. The van der Waals surface area contributed by atoms with Gasteiger partial charge in [0.15, 0.2) is 0 Å². The topological polar surface area (TPSA) is 26.3 Å². The van der Waals surface area contributed by atoms with Crippen molar-refractivity contribution in [2.24, 2.45) is 0 Å². The number of halogens is 2. The average Bonchev–Trinajstić information content (AvgIpc) is 2.18. The molecule has 1 aromatic rings. The molecule has 0 spiro atoms. The van der Waals surface area contributed by atoms with Gasteiger partial charge in [0.2, 0.25) is 0 Å². The Morgan fingerprint density at radius 3 is 2.87 bits per heavy atom. The van der Waals surface area contributed by atoms with E-state index in [2.05, 4.69) is 0 Å². The largest absolute Gasteiger partial charge is 0.465 e. The van der Waals surface area contributed by atoms with Crippen molar-refractivity contribution in [2.45, 2.75) is 18.7 Å². The molecule has 1 rings (SSSR count). The van der Waals surface area contributed by atoms with E-state index in [4.69, 9.17) is 27.9 Å². The summed E-state index contributed by atoms with van der Waals surface area (Å²) in [5.74, 6) is -0.390. The second-order valence-corrected chi connectivity index (χ2v) is 4.02. The van der Waals surface area contributed by atoms with Gasteiger partial charge in [-0.1, -0.05) is 23.7 Å². The summed E-state index contributed by atoms with van der Waals surface area (Å²) < 4.78 is 4.80. The van der Waals surface area contributed by atoms with E-state index in [0.717, 1.165) is 5.56 Å². The molecule has 0 radical (unpaired) electrons. The number of carbonyl (C=O) groups excluding carboxylic acids is 1. The van der Waals surface area contributed by atoms with Crippen molar-refractivity contribution >= 4 is 29.2 Å². The van der Waals surface area contributed by atoms with Crippen LogP contribution in [-0.2, 0) is 16.0 Å². The smallest absolute Gasteiger partial charge is 0.324 e. The summed E-state index contributed by atoms with van der Waals surface area (Å²) in [6.07, 6.45) is 0.431. The third kappa shape index (κ3) is 4.10. The van der Waals surface area contributed by atoms with Gasteiger partial charge in [0.1, 0.15) is 5.38 Å². The molecule has 0 bridgehead atoms. The van der Waals surface area contributed by atoms with Gasteiger partial charge in [0.25, 0.3) is 0 Å². The van der Waals surface area contributed by atoms with E-state index in [1.807, 2.05) is 12.1 Å². The van der Waals surface area contributed by atoms with E-state index in [0.29, 0.717) is 18.1 Å². The Hall–Kier alpha value is -0.730. The predicted octanol–water partition coefficient (Wildman–Crippen LogP) is 3.05. The number of hydrogen-bond donors (Lipinski definition) is 0. The average molecular weight is 247 g/mol. The Kier molecular flexibility index (Phi) is 4.92. The standard InChI is InChI=1S/C11H12Cl2O2/c1-2-15-11(14)10(13)7-8-4-3-5-9(12)6-8/h3-6,10H,2,7H2,1H3. The summed E-state index contributed by atoms with van der Waals surface area (Å²) in [4.78, 5) is 11.2. The van der Waals surface area contributed by atoms with Crippen molar-refractivity contribution in [1.82, 2.24) is 0 Å². The van der Waals surface area contributed by atoms with Gasteiger partial charge < -0.3 is 4.74 Å². The maximum atomic E-state index is 11.2. The van der Waals surface area contributed by atoms with Gasteiger partial charge in [-0.2, -0.15) is 0 Å². The maximum Gasteiger partial charge on any atom is 0.324 e. The predicted molar refractivity (Wildman–Crippen MR) is 61.4 cm³/mol. The van der Waals surface area contributed by atoms with Gasteiger partial charge in [-0.15, -0.1) is 11.6 Å². The molecule has 0 saturated carbocycles. The van der Waals surface area contributed by atoms with Gasteiger partial charge in [-0.25, -0.2) is 0 Å². The van der Waals surface area contributed by atoms with Crippen LogP contribution in [-0.4, -0.2) is 18.0 Å². The highest BCUT2D eigenvalue weighted by atomic mass is 35.5. The van der Waals surface area contributed by atoms with Gasteiger partial charge in [-0.3, -0.25) is 4.79 Å². The van der Waals surface area contributed by atoms with E-state index < -0.39 is 5.38 Å². The SMILES string of the molecule is CCOC(=O)C(Cl)Cc1cccc(Cl)c1. The summed E-state index contributed by atoms with van der Waals surface area (Å²) in [6, 6.07) is 7.27. The number of ether oxygens (including phenoxy) is 1. The maximum absolute atomic E-state index is 11.2. The second-order valence-electron chi connectivity index (χ2n) is 3.05. The Labute approximate surface area is 99.1 Å². The zero-order valence-corrected chi connectivity index (χ0v) is 9.89. The van der Waals surface area contributed by atoms with E-state index >= 15 is 0 Å². The van der Waals surface area contributed by atoms with Gasteiger partial charge in [0, 0.05) is 5.02 Å². The first-order chi connectivity index (χ1) is 7.13. The van der Waals surface area contributed by atoms with Crippen molar-refractivity contribution in [3.63, 3.8) is 0 Å². The number of rotatable bonds is 4. The molecule has 2 nitrogen and oxygen atoms in total.